The van der Waals surface area contributed by atoms with E-state index in [4.69, 9.17) is 4.74 Å². The van der Waals surface area contributed by atoms with E-state index in [1.165, 1.54) is 95.5 Å². The van der Waals surface area contributed by atoms with Crippen LogP contribution in [0.25, 0.3) is 0 Å². The van der Waals surface area contributed by atoms with Crippen LogP contribution in [0.1, 0.15) is 102 Å². The van der Waals surface area contributed by atoms with Gasteiger partial charge < -0.3 is 10.1 Å². The fraction of sp³-hybridized carbons (Fsp3) is 0.750. The maximum atomic E-state index is 5.38. The second kappa shape index (κ2) is 17.4. The average molecular weight is 362 g/mol. The number of methoxy groups -OCH3 is 1. The van der Waals surface area contributed by atoms with Crippen molar-refractivity contribution in [2.75, 3.05) is 13.7 Å². The number of hydrogen-bond acceptors (Lipinski definition) is 2. The van der Waals surface area contributed by atoms with Gasteiger partial charge in [0, 0.05) is 12.1 Å². The van der Waals surface area contributed by atoms with E-state index in [0.717, 1.165) is 18.8 Å². The first kappa shape index (κ1) is 23.0. The SMILES string of the molecule is CCCCCCCCCCCCCCCCNCc1ccccc1OC. The smallest absolute Gasteiger partial charge is 0.123 e. The Kier molecular flexibility index (Phi) is 15.4. The fourth-order valence-electron chi connectivity index (χ4n) is 3.52. The molecular formula is C24H43NO. The van der Waals surface area contributed by atoms with Crippen molar-refractivity contribution in [3.63, 3.8) is 0 Å². The van der Waals surface area contributed by atoms with Crippen molar-refractivity contribution in [2.45, 2.75) is 103 Å². The molecule has 1 aromatic carbocycles. The number of rotatable bonds is 18. The number of benzene rings is 1. The van der Waals surface area contributed by atoms with Crippen molar-refractivity contribution in [1.29, 1.82) is 0 Å². The first-order chi connectivity index (χ1) is 12.9. The molecule has 1 rings (SSSR count). The summed E-state index contributed by atoms with van der Waals surface area (Å²) in [5.74, 6) is 0.987. The van der Waals surface area contributed by atoms with Gasteiger partial charge in [-0.25, -0.2) is 0 Å². The highest BCUT2D eigenvalue weighted by Crippen LogP contribution is 2.17. The Labute approximate surface area is 163 Å². The van der Waals surface area contributed by atoms with Crippen molar-refractivity contribution >= 4 is 0 Å². The fourth-order valence-corrected chi connectivity index (χ4v) is 3.52. The summed E-state index contributed by atoms with van der Waals surface area (Å²) in [6.45, 7) is 4.30. The molecule has 0 aliphatic heterocycles. The molecule has 150 valence electrons. The van der Waals surface area contributed by atoms with Gasteiger partial charge in [-0.1, -0.05) is 109 Å². The van der Waals surface area contributed by atoms with Gasteiger partial charge in [-0.05, 0) is 19.0 Å². The Bertz CT molecular complexity index is 418. The zero-order valence-electron chi connectivity index (χ0n) is 17.5. The zero-order valence-corrected chi connectivity index (χ0v) is 17.5. The van der Waals surface area contributed by atoms with Gasteiger partial charge in [0.2, 0.25) is 0 Å². The minimum absolute atomic E-state index is 0.905. The number of para-hydroxylation sites is 1. The van der Waals surface area contributed by atoms with Gasteiger partial charge in [0.1, 0.15) is 5.75 Å². The highest BCUT2D eigenvalue weighted by Gasteiger charge is 2.00. The lowest BCUT2D eigenvalue weighted by Gasteiger charge is -2.09. The van der Waals surface area contributed by atoms with Gasteiger partial charge in [-0.3, -0.25) is 0 Å². The second-order valence-electron chi connectivity index (χ2n) is 7.58. The molecule has 0 aliphatic rings. The largest absolute Gasteiger partial charge is 0.496 e. The predicted octanol–water partition coefficient (Wildman–Crippen LogP) is 7.27. The molecule has 0 fully saturated rings. The van der Waals surface area contributed by atoms with Crippen LogP contribution in [0.4, 0.5) is 0 Å². The molecule has 0 heterocycles. The topological polar surface area (TPSA) is 21.3 Å². The first-order valence-electron chi connectivity index (χ1n) is 11.2. The van der Waals surface area contributed by atoms with Gasteiger partial charge in [0.05, 0.1) is 7.11 Å². The molecule has 26 heavy (non-hydrogen) atoms. The third-order valence-electron chi connectivity index (χ3n) is 5.22. The van der Waals surface area contributed by atoms with Crippen LogP contribution in [-0.4, -0.2) is 13.7 Å². The third kappa shape index (κ3) is 12.4. The van der Waals surface area contributed by atoms with Crippen LogP contribution >= 0.6 is 0 Å². The number of ether oxygens (including phenoxy) is 1. The lowest BCUT2D eigenvalue weighted by Crippen LogP contribution is -2.15. The van der Waals surface area contributed by atoms with E-state index in [1.54, 1.807) is 7.11 Å². The molecule has 0 radical (unpaired) electrons. The molecular weight excluding hydrogens is 318 g/mol. The minimum Gasteiger partial charge on any atom is -0.496 e. The lowest BCUT2D eigenvalue weighted by atomic mass is 10.0. The van der Waals surface area contributed by atoms with E-state index in [-0.39, 0.29) is 0 Å². The summed E-state index contributed by atoms with van der Waals surface area (Å²) < 4.78 is 5.38. The van der Waals surface area contributed by atoms with E-state index in [9.17, 15) is 0 Å². The number of unbranched alkanes of at least 4 members (excludes halogenated alkanes) is 13. The third-order valence-corrected chi connectivity index (χ3v) is 5.22. The Morgan fingerprint density at radius 1 is 0.692 bits per heavy atom. The highest BCUT2D eigenvalue weighted by atomic mass is 16.5. The minimum atomic E-state index is 0.905. The van der Waals surface area contributed by atoms with Crippen LogP contribution in [-0.2, 0) is 6.54 Å². The Morgan fingerprint density at radius 3 is 1.73 bits per heavy atom. The summed E-state index contributed by atoms with van der Waals surface area (Å²) in [7, 11) is 1.74. The number of hydrogen-bond donors (Lipinski definition) is 1. The summed E-state index contributed by atoms with van der Waals surface area (Å²) in [6, 6.07) is 8.27. The van der Waals surface area contributed by atoms with E-state index < -0.39 is 0 Å². The quantitative estimate of drug-likeness (QED) is 0.278. The van der Waals surface area contributed by atoms with Crippen LogP contribution in [0.2, 0.25) is 0 Å². The Morgan fingerprint density at radius 2 is 1.19 bits per heavy atom. The van der Waals surface area contributed by atoms with Crippen molar-refractivity contribution in [3.8, 4) is 5.75 Å². The Hall–Kier alpha value is -1.02. The van der Waals surface area contributed by atoms with Crippen LogP contribution in [0.3, 0.4) is 0 Å². The molecule has 0 aromatic heterocycles. The molecule has 0 amide bonds. The summed E-state index contributed by atoms with van der Waals surface area (Å²) >= 11 is 0. The van der Waals surface area contributed by atoms with E-state index in [1.807, 2.05) is 12.1 Å². The highest BCUT2D eigenvalue weighted by molar-refractivity contribution is 5.32. The molecule has 1 N–H and O–H groups in total. The maximum absolute atomic E-state index is 5.38. The predicted molar refractivity (Wildman–Crippen MR) is 115 cm³/mol. The molecule has 2 nitrogen and oxygen atoms in total. The van der Waals surface area contributed by atoms with Crippen molar-refractivity contribution in [1.82, 2.24) is 5.32 Å². The first-order valence-corrected chi connectivity index (χ1v) is 11.2. The molecule has 0 bridgehead atoms. The van der Waals surface area contributed by atoms with Crippen LogP contribution in [0.5, 0.6) is 5.75 Å². The Balaban J connectivity index is 1.80. The van der Waals surface area contributed by atoms with E-state index >= 15 is 0 Å². The zero-order chi connectivity index (χ0) is 18.7. The summed E-state index contributed by atoms with van der Waals surface area (Å²) in [5, 5.41) is 3.54. The van der Waals surface area contributed by atoms with Crippen LogP contribution in [0.15, 0.2) is 24.3 Å². The lowest BCUT2D eigenvalue weighted by molar-refractivity contribution is 0.407. The van der Waals surface area contributed by atoms with Gasteiger partial charge in [-0.15, -0.1) is 0 Å². The molecule has 0 saturated carbocycles. The maximum Gasteiger partial charge on any atom is 0.123 e. The van der Waals surface area contributed by atoms with Crippen molar-refractivity contribution in [2.24, 2.45) is 0 Å². The summed E-state index contributed by atoms with van der Waals surface area (Å²) in [6.07, 6.45) is 19.9. The average Bonchev–Trinajstić information content (AvgIpc) is 2.68. The summed E-state index contributed by atoms with van der Waals surface area (Å²) in [4.78, 5) is 0. The van der Waals surface area contributed by atoms with Crippen LogP contribution in [0, 0.1) is 0 Å². The molecule has 0 saturated heterocycles. The molecule has 0 unspecified atom stereocenters. The monoisotopic (exact) mass is 361 g/mol. The molecule has 0 aliphatic carbocycles. The second-order valence-corrected chi connectivity index (χ2v) is 7.58. The van der Waals surface area contributed by atoms with Gasteiger partial charge in [-0.2, -0.15) is 0 Å². The normalized spacial score (nSPS) is 11.0. The van der Waals surface area contributed by atoms with Crippen molar-refractivity contribution in [3.05, 3.63) is 29.8 Å². The van der Waals surface area contributed by atoms with Gasteiger partial charge >= 0.3 is 0 Å². The van der Waals surface area contributed by atoms with E-state index in [0.29, 0.717) is 0 Å². The molecule has 1 aromatic rings. The van der Waals surface area contributed by atoms with E-state index in [2.05, 4.69) is 24.4 Å². The van der Waals surface area contributed by atoms with Crippen molar-refractivity contribution < 1.29 is 4.74 Å². The number of nitrogens with one attached hydrogen (secondary N) is 1. The van der Waals surface area contributed by atoms with Crippen LogP contribution < -0.4 is 10.1 Å². The summed E-state index contributed by atoms with van der Waals surface area (Å²) in [5.41, 5.74) is 1.25. The molecule has 0 spiro atoms. The van der Waals surface area contributed by atoms with Gasteiger partial charge in [0.25, 0.3) is 0 Å². The standard InChI is InChI=1S/C24H43NO/c1-3-4-5-6-7-8-9-10-11-12-13-14-15-18-21-25-22-23-19-16-17-20-24(23)26-2/h16-17,19-20,25H,3-15,18,21-22H2,1-2H3. The van der Waals surface area contributed by atoms with Gasteiger partial charge in [0.15, 0.2) is 0 Å². The molecule has 0 atom stereocenters. The molecule has 2 heteroatoms.